The van der Waals surface area contributed by atoms with Crippen molar-refractivity contribution in [1.82, 2.24) is 4.98 Å². The molecule has 0 aliphatic carbocycles. The maximum Gasteiger partial charge on any atom is 0.240 e. The number of nitrogens with one attached hydrogen (secondary N) is 1. The van der Waals surface area contributed by atoms with E-state index >= 15 is 0 Å². The molecule has 0 spiro atoms. The van der Waals surface area contributed by atoms with E-state index in [0.29, 0.717) is 0 Å². The number of nitrogens with zero attached hydrogens (tertiary/aromatic N) is 1. The number of rotatable bonds is 3. The number of nitrogen functional groups attached to an aromatic ring is 1. The fourth-order valence-corrected chi connectivity index (χ4v) is 1.91. The van der Waals surface area contributed by atoms with Gasteiger partial charge in [0.2, 0.25) is 5.88 Å². The first-order valence-corrected chi connectivity index (χ1v) is 6.11. The molecule has 1 aromatic heterocycles. The van der Waals surface area contributed by atoms with Gasteiger partial charge in [0, 0.05) is 0 Å². The van der Waals surface area contributed by atoms with Gasteiger partial charge in [-0.05, 0) is 18.2 Å². The lowest BCUT2D eigenvalue weighted by atomic mass is 10.3. The SMILES string of the molecule is NNc1nc(Oc2cccc(Cl)c2F)c(Cl)cc1Cl. The van der Waals surface area contributed by atoms with Crippen molar-refractivity contribution in [1.29, 1.82) is 0 Å². The Morgan fingerprint density at radius 2 is 1.89 bits per heavy atom. The van der Waals surface area contributed by atoms with Crippen molar-refractivity contribution in [3.8, 4) is 11.6 Å². The van der Waals surface area contributed by atoms with Crippen molar-refractivity contribution < 1.29 is 9.13 Å². The fourth-order valence-electron chi connectivity index (χ4n) is 1.29. The number of hydrogen-bond donors (Lipinski definition) is 2. The highest BCUT2D eigenvalue weighted by Gasteiger charge is 2.14. The van der Waals surface area contributed by atoms with Crippen LogP contribution in [0.4, 0.5) is 10.2 Å². The molecule has 0 atom stereocenters. The first kappa shape index (κ1) is 14.1. The number of halogens is 4. The molecule has 0 amide bonds. The Kier molecular flexibility index (Phi) is 4.31. The molecule has 0 aliphatic rings. The molecular formula is C11H7Cl3FN3O. The number of benzene rings is 1. The van der Waals surface area contributed by atoms with Crippen LogP contribution in [0.2, 0.25) is 15.1 Å². The normalized spacial score (nSPS) is 10.4. The van der Waals surface area contributed by atoms with Crippen molar-refractivity contribution in [2.45, 2.75) is 0 Å². The van der Waals surface area contributed by atoms with E-state index in [-0.39, 0.29) is 32.5 Å². The van der Waals surface area contributed by atoms with Gasteiger partial charge in [-0.1, -0.05) is 40.9 Å². The Hall–Kier alpha value is -1.27. The topological polar surface area (TPSA) is 60.2 Å². The largest absolute Gasteiger partial charge is 0.434 e. The van der Waals surface area contributed by atoms with Crippen LogP contribution in [0.15, 0.2) is 24.3 Å². The molecule has 0 aliphatic heterocycles. The van der Waals surface area contributed by atoms with Crippen LogP contribution in [-0.2, 0) is 0 Å². The van der Waals surface area contributed by atoms with Gasteiger partial charge in [-0.2, -0.15) is 4.98 Å². The van der Waals surface area contributed by atoms with Gasteiger partial charge in [0.1, 0.15) is 5.02 Å². The average Bonchev–Trinajstić information content (AvgIpc) is 2.38. The number of anilines is 1. The van der Waals surface area contributed by atoms with Gasteiger partial charge < -0.3 is 10.2 Å². The lowest BCUT2D eigenvalue weighted by Crippen LogP contribution is -2.09. The second-order valence-electron chi connectivity index (χ2n) is 3.40. The van der Waals surface area contributed by atoms with Crippen LogP contribution in [0.1, 0.15) is 0 Å². The summed E-state index contributed by atoms with van der Waals surface area (Å²) in [4.78, 5) is 3.92. The number of ether oxygens (including phenoxy) is 1. The predicted molar refractivity (Wildman–Crippen MR) is 73.6 cm³/mol. The molecule has 100 valence electrons. The van der Waals surface area contributed by atoms with E-state index < -0.39 is 5.82 Å². The maximum atomic E-state index is 13.7. The Morgan fingerprint density at radius 1 is 1.16 bits per heavy atom. The summed E-state index contributed by atoms with van der Waals surface area (Å²) in [7, 11) is 0. The zero-order valence-electron chi connectivity index (χ0n) is 9.25. The molecular weight excluding hydrogens is 315 g/mol. The van der Waals surface area contributed by atoms with E-state index in [0.717, 1.165) is 0 Å². The molecule has 8 heteroatoms. The minimum Gasteiger partial charge on any atom is -0.434 e. The zero-order chi connectivity index (χ0) is 14.0. The van der Waals surface area contributed by atoms with Crippen molar-refractivity contribution in [3.63, 3.8) is 0 Å². The van der Waals surface area contributed by atoms with Gasteiger partial charge in [0.05, 0.1) is 10.0 Å². The molecule has 0 unspecified atom stereocenters. The molecule has 1 heterocycles. The van der Waals surface area contributed by atoms with Crippen LogP contribution in [0.25, 0.3) is 0 Å². The first-order chi connectivity index (χ1) is 9.02. The van der Waals surface area contributed by atoms with Gasteiger partial charge >= 0.3 is 0 Å². The molecule has 2 rings (SSSR count). The van der Waals surface area contributed by atoms with E-state index in [4.69, 9.17) is 45.4 Å². The van der Waals surface area contributed by atoms with Crippen LogP contribution in [0.3, 0.4) is 0 Å². The minimum absolute atomic E-state index is 0.0415. The van der Waals surface area contributed by atoms with Crippen molar-refractivity contribution in [2.24, 2.45) is 5.84 Å². The fraction of sp³-hybridized carbons (Fsp3) is 0. The van der Waals surface area contributed by atoms with Crippen molar-refractivity contribution in [3.05, 3.63) is 45.2 Å². The van der Waals surface area contributed by atoms with Crippen molar-refractivity contribution >= 4 is 40.6 Å². The van der Waals surface area contributed by atoms with Crippen LogP contribution in [0, 0.1) is 5.82 Å². The Balaban J connectivity index is 2.41. The highest BCUT2D eigenvalue weighted by Crippen LogP contribution is 2.35. The monoisotopic (exact) mass is 321 g/mol. The highest BCUT2D eigenvalue weighted by molar-refractivity contribution is 6.36. The average molecular weight is 323 g/mol. The predicted octanol–water partition coefficient (Wildman–Crippen LogP) is 4.26. The highest BCUT2D eigenvalue weighted by atomic mass is 35.5. The second-order valence-corrected chi connectivity index (χ2v) is 4.63. The van der Waals surface area contributed by atoms with Gasteiger partial charge in [-0.15, -0.1) is 0 Å². The molecule has 0 radical (unpaired) electrons. The van der Waals surface area contributed by atoms with E-state index in [2.05, 4.69) is 10.4 Å². The molecule has 0 fully saturated rings. The summed E-state index contributed by atoms with van der Waals surface area (Å²) in [6.45, 7) is 0. The standard InChI is InChI=1S/C11H7Cl3FN3O/c12-5-2-1-3-8(9(5)15)19-11-7(14)4-6(13)10(17-11)18-16/h1-4H,16H2,(H,17,18). The molecule has 0 saturated heterocycles. The Morgan fingerprint density at radius 3 is 2.58 bits per heavy atom. The van der Waals surface area contributed by atoms with Crippen LogP contribution < -0.4 is 16.0 Å². The number of hydrazine groups is 1. The number of nitrogens with two attached hydrogens (primary N) is 1. The van der Waals surface area contributed by atoms with E-state index in [1.54, 1.807) is 0 Å². The quantitative estimate of drug-likeness (QED) is 0.655. The smallest absolute Gasteiger partial charge is 0.240 e. The zero-order valence-corrected chi connectivity index (χ0v) is 11.5. The van der Waals surface area contributed by atoms with Crippen LogP contribution in [-0.4, -0.2) is 4.98 Å². The van der Waals surface area contributed by atoms with E-state index in [1.165, 1.54) is 24.3 Å². The lowest BCUT2D eigenvalue weighted by Gasteiger charge is -2.10. The summed E-state index contributed by atoms with van der Waals surface area (Å²) in [5, 5.41) is 0.259. The maximum absolute atomic E-state index is 13.7. The third kappa shape index (κ3) is 3.01. The molecule has 3 N–H and O–H groups in total. The molecule has 19 heavy (non-hydrogen) atoms. The second kappa shape index (κ2) is 5.79. The molecule has 0 saturated carbocycles. The third-order valence-electron chi connectivity index (χ3n) is 2.16. The lowest BCUT2D eigenvalue weighted by molar-refractivity contribution is 0.428. The molecule has 4 nitrogen and oxygen atoms in total. The summed E-state index contributed by atoms with van der Waals surface area (Å²) >= 11 is 17.4. The number of aromatic nitrogens is 1. The molecule has 0 bridgehead atoms. The Bertz CT molecular complexity index is 624. The third-order valence-corrected chi connectivity index (χ3v) is 3.01. The van der Waals surface area contributed by atoms with Crippen LogP contribution >= 0.6 is 34.8 Å². The summed E-state index contributed by atoms with van der Waals surface area (Å²) in [5.41, 5.74) is 2.27. The van der Waals surface area contributed by atoms with Gasteiger partial charge in [0.25, 0.3) is 0 Å². The minimum atomic E-state index is -0.709. The van der Waals surface area contributed by atoms with Crippen molar-refractivity contribution in [2.75, 3.05) is 5.43 Å². The van der Waals surface area contributed by atoms with Gasteiger partial charge in [-0.25, -0.2) is 10.2 Å². The van der Waals surface area contributed by atoms with Gasteiger partial charge in [0.15, 0.2) is 17.4 Å². The van der Waals surface area contributed by atoms with Gasteiger partial charge in [-0.3, -0.25) is 0 Å². The number of pyridine rings is 1. The summed E-state index contributed by atoms with van der Waals surface area (Å²) in [6.07, 6.45) is 0. The van der Waals surface area contributed by atoms with E-state index in [1.807, 2.05) is 0 Å². The first-order valence-electron chi connectivity index (χ1n) is 4.97. The Labute approximate surface area is 123 Å². The van der Waals surface area contributed by atoms with E-state index in [9.17, 15) is 4.39 Å². The number of hydrogen-bond acceptors (Lipinski definition) is 4. The summed E-state index contributed by atoms with van der Waals surface area (Å²) in [6, 6.07) is 5.70. The summed E-state index contributed by atoms with van der Waals surface area (Å²) < 4.78 is 18.9. The molecule has 1 aromatic carbocycles. The summed E-state index contributed by atoms with van der Waals surface area (Å²) in [5.74, 6) is 4.53. The van der Waals surface area contributed by atoms with Crippen LogP contribution in [0.5, 0.6) is 11.6 Å². The molecule has 2 aromatic rings.